The molecule has 0 saturated heterocycles. The molecular weight excluding hydrogens is 370 g/mol. The van der Waals surface area contributed by atoms with Crippen LogP contribution in [0.1, 0.15) is 12.5 Å². The monoisotopic (exact) mass is 387 g/mol. The van der Waals surface area contributed by atoms with Gasteiger partial charge in [0.15, 0.2) is 0 Å². The van der Waals surface area contributed by atoms with Gasteiger partial charge in [-0.1, -0.05) is 23.7 Å². The maximum absolute atomic E-state index is 13.0. The summed E-state index contributed by atoms with van der Waals surface area (Å²) in [6.45, 7) is 2.41. The molecule has 0 aliphatic carbocycles. The van der Waals surface area contributed by atoms with Crippen molar-refractivity contribution >= 4 is 34.7 Å². The van der Waals surface area contributed by atoms with Crippen LogP contribution in [0.2, 0.25) is 0 Å². The Morgan fingerprint density at radius 2 is 1.59 bits per heavy atom. The average Bonchev–Trinajstić information content (AvgIpc) is 2.91. The molecule has 0 spiro atoms. The van der Waals surface area contributed by atoms with Crippen molar-refractivity contribution in [1.29, 1.82) is 0 Å². The molecule has 0 N–H and O–H groups in total. The molecule has 0 radical (unpaired) electrons. The van der Waals surface area contributed by atoms with Gasteiger partial charge in [-0.15, -0.1) is 0 Å². The number of hydrogen-bond donors (Lipinski definition) is 0. The lowest BCUT2D eigenvalue weighted by molar-refractivity contribution is -0.119. The molecule has 2 amide bonds. The zero-order valence-corrected chi connectivity index (χ0v) is 15.9. The van der Waals surface area contributed by atoms with Crippen LogP contribution >= 0.6 is 11.6 Å². The van der Waals surface area contributed by atoms with E-state index in [1.54, 1.807) is 42.5 Å². The minimum absolute atomic E-state index is 0.137. The van der Waals surface area contributed by atoms with E-state index in [9.17, 15) is 9.59 Å². The fourth-order valence-corrected chi connectivity index (χ4v) is 3.10. The van der Waals surface area contributed by atoms with E-state index in [1.165, 1.54) is 14.2 Å². The lowest BCUT2D eigenvalue weighted by atomic mass is 10.1. The number of halogens is 1. The Balaban J connectivity index is 1.99. The Labute approximate surface area is 161 Å². The molecule has 140 valence electrons. The maximum atomic E-state index is 13.0. The standard InChI is InChI=1S/C20H18ClNO5/c1-4-27-13-7-5-12(6-8-13)17-18(21)20(24)22(19(17)23)15-10-9-14(25-2)11-16(15)26-3/h5-11H,4H2,1-3H3. The maximum Gasteiger partial charge on any atom is 0.277 e. The first-order valence-electron chi connectivity index (χ1n) is 8.25. The van der Waals surface area contributed by atoms with Gasteiger partial charge in [0.1, 0.15) is 22.3 Å². The predicted octanol–water partition coefficient (Wildman–Crippen LogP) is 3.63. The molecule has 2 aromatic carbocycles. The van der Waals surface area contributed by atoms with Crippen LogP contribution in [0, 0.1) is 0 Å². The second-order valence-corrected chi connectivity index (χ2v) is 6.01. The van der Waals surface area contributed by atoms with Crippen LogP contribution in [0.25, 0.3) is 5.57 Å². The molecule has 0 fully saturated rings. The summed E-state index contributed by atoms with van der Waals surface area (Å²) in [5.74, 6) is 0.420. The van der Waals surface area contributed by atoms with Gasteiger partial charge in [0.25, 0.3) is 11.8 Å². The van der Waals surface area contributed by atoms with E-state index in [-0.39, 0.29) is 10.6 Å². The normalized spacial score (nSPS) is 14.0. The summed E-state index contributed by atoms with van der Waals surface area (Å²) < 4.78 is 15.9. The number of carbonyl (C=O) groups is 2. The first-order valence-corrected chi connectivity index (χ1v) is 8.63. The third-order valence-corrected chi connectivity index (χ3v) is 4.46. The summed E-state index contributed by atoms with van der Waals surface area (Å²) in [5.41, 5.74) is 0.978. The van der Waals surface area contributed by atoms with E-state index in [0.29, 0.717) is 35.1 Å². The van der Waals surface area contributed by atoms with E-state index in [2.05, 4.69) is 0 Å². The first kappa shape index (κ1) is 18.8. The van der Waals surface area contributed by atoms with Gasteiger partial charge in [-0.3, -0.25) is 9.59 Å². The smallest absolute Gasteiger partial charge is 0.277 e. The molecule has 7 heteroatoms. The average molecular weight is 388 g/mol. The molecule has 2 aromatic rings. The summed E-state index contributed by atoms with van der Waals surface area (Å²) in [4.78, 5) is 26.7. The van der Waals surface area contributed by atoms with Gasteiger partial charge in [-0.05, 0) is 36.8 Å². The number of rotatable bonds is 6. The Bertz CT molecular complexity index is 920. The second-order valence-electron chi connectivity index (χ2n) is 5.63. The van der Waals surface area contributed by atoms with Crippen LogP contribution in [-0.4, -0.2) is 32.6 Å². The lowest BCUT2D eigenvalue weighted by Crippen LogP contribution is -2.31. The molecule has 0 aromatic heterocycles. The first-order chi connectivity index (χ1) is 13.0. The van der Waals surface area contributed by atoms with Crippen molar-refractivity contribution in [3.8, 4) is 17.2 Å². The number of nitrogens with zero attached hydrogens (tertiary/aromatic N) is 1. The number of carbonyl (C=O) groups excluding carboxylic acids is 2. The van der Waals surface area contributed by atoms with Gasteiger partial charge < -0.3 is 14.2 Å². The summed E-state index contributed by atoms with van der Waals surface area (Å²) >= 11 is 6.23. The third kappa shape index (κ3) is 3.36. The largest absolute Gasteiger partial charge is 0.497 e. The van der Waals surface area contributed by atoms with Crippen molar-refractivity contribution < 1.29 is 23.8 Å². The number of methoxy groups -OCH3 is 2. The van der Waals surface area contributed by atoms with Crippen molar-refractivity contribution in [3.05, 3.63) is 53.1 Å². The third-order valence-electron chi connectivity index (χ3n) is 4.11. The zero-order valence-electron chi connectivity index (χ0n) is 15.1. The summed E-state index contributed by atoms with van der Waals surface area (Å²) in [6, 6.07) is 11.7. The fraction of sp³-hybridized carbons (Fsp3) is 0.200. The van der Waals surface area contributed by atoms with E-state index < -0.39 is 11.8 Å². The number of benzene rings is 2. The molecule has 0 unspecified atom stereocenters. The lowest BCUT2D eigenvalue weighted by Gasteiger charge is -2.18. The molecule has 1 aliphatic heterocycles. The van der Waals surface area contributed by atoms with E-state index in [0.717, 1.165) is 4.90 Å². The van der Waals surface area contributed by atoms with E-state index in [1.807, 2.05) is 6.92 Å². The summed E-state index contributed by atoms with van der Waals surface area (Å²) in [6.07, 6.45) is 0. The Morgan fingerprint density at radius 3 is 2.19 bits per heavy atom. The van der Waals surface area contributed by atoms with Crippen molar-refractivity contribution in [2.45, 2.75) is 6.92 Å². The van der Waals surface area contributed by atoms with Gasteiger partial charge >= 0.3 is 0 Å². The van der Waals surface area contributed by atoms with Crippen LogP contribution in [0.15, 0.2) is 47.5 Å². The number of anilines is 1. The molecule has 0 saturated carbocycles. The predicted molar refractivity (Wildman–Crippen MR) is 102 cm³/mol. The highest BCUT2D eigenvalue weighted by molar-refractivity contribution is 6.60. The van der Waals surface area contributed by atoms with E-state index >= 15 is 0 Å². The van der Waals surface area contributed by atoms with Crippen molar-refractivity contribution in [1.82, 2.24) is 0 Å². The number of amides is 2. The second kappa shape index (κ2) is 7.72. The van der Waals surface area contributed by atoms with Gasteiger partial charge in [0.2, 0.25) is 0 Å². The zero-order chi connectivity index (χ0) is 19.6. The molecule has 1 aliphatic rings. The van der Waals surface area contributed by atoms with Gasteiger partial charge in [0, 0.05) is 6.07 Å². The number of hydrogen-bond acceptors (Lipinski definition) is 5. The molecule has 0 bridgehead atoms. The number of imide groups is 1. The van der Waals surface area contributed by atoms with Crippen LogP contribution in [0.3, 0.4) is 0 Å². The van der Waals surface area contributed by atoms with Crippen LogP contribution in [-0.2, 0) is 9.59 Å². The molecule has 1 heterocycles. The fourth-order valence-electron chi connectivity index (χ4n) is 2.83. The van der Waals surface area contributed by atoms with Crippen molar-refractivity contribution in [2.75, 3.05) is 25.7 Å². The van der Waals surface area contributed by atoms with Crippen LogP contribution in [0.4, 0.5) is 5.69 Å². The van der Waals surface area contributed by atoms with Crippen LogP contribution < -0.4 is 19.1 Å². The molecular formula is C20H18ClNO5. The SMILES string of the molecule is CCOc1ccc(C2=C(Cl)C(=O)N(c3ccc(OC)cc3OC)C2=O)cc1. The Kier molecular flexibility index (Phi) is 5.37. The van der Waals surface area contributed by atoms with E-state index in [4.69, 9.17) is 25.8 Å². The molecule has 6 nitrogen and oxygen atoms in total. The molecule has 27 heavy (non-hydrogen) atoms. The summed E-state index contributed by atoms with van der Waals surface area (Å²) in [7, 11) is 2.97. The summed E-state index contributed by atoms with van der Waals surface area (Å²) in [5, 5.41) is -0.137. The van der Waals surface area contributed by atoms with Crippen molar-refractivity contribution in [2.24, 2.45) is 0 Å². The quantitative estimate of drug-likeness (QED) is 0.708. The van der Waals surface area contributed by atoms with Gasteiger partial charge in [-0.2, -0.15) is 0 Å². The topological polar surface area (TPSA) is 65.1 Å². The Hall–Kier alpha value is -2.99. The van der Waals surface area contributed by atoms with Crippen LogP contribution in [0.5, 0.6) is 17.2 Å². The van der Waals surface area contributed by atoms with Crippen molar-refractivity contribution in [3.63, 3.8) is 0 Å². The highest BCUT2D eigenvalue weighted by Crippen LogP contribution is 2.40. The highest BCUT2D eigenvalue weighted by Gasteiger charge is 2.40. The van der Waals surface area contributed by atoms with Gasteiger partial charge in [0.05, 0.1) is 32.1 Å². The minimum Gasteiger partial charge on any atom is -0.497 e. The van der Waals surface area contributed by atoms with Gasteiger partial charge in [-0.25, -0.2) is 4.90 Å². The molecule has 3 rings (SSSR count). The highest BCUT2D eigenvalue weighted by atomic mass is 35.5. The minimum atomic E-state index is -0.603. The number of ether oxygens (including phenoxy) is 3. The Morgan fingerprint density at radius 1 is 0.926 bits per heavy atom. The molecule has 0 atom stereocenters.